The van der Waals surface area contributed by atoms with Crippen molar-refractivity contribution in [2.75, 3.05) is 18.5 Å². The zero-order valence-corrected chi connectivity index (χ0v) is 12.1. The van der Waals surface area contributed by atoms with Gasteiger partial charge in [-0.1, -0.05) is 12.1 Å². The molecule has 0 bridgehead atoms. The lowest BCUT2D eigenvalue weighted by Gasteiger charge is -2.14. The Hall–Kier alpha value is -2.60. The molecule has 0 unspecified atom stereocenters. The Labute approximate surface area is 127 Å². The third-order valence-electron chi connectivity index (χ3n) is 3.24. The maximum atomic E-state index is 11.4. The fraction of sp³-hybridized carbons (Fsp3) is 0.250. The maximum absolute atomic E-state index is 11.4. The molecule has 1 aromatic heterocycles. The molecule has 1 aliphatic rings. The molecular weight excluding hydrogens is 284 g/mol. The Morgan fingerprint density at radius 3 is 2.91 bits per heavy atom. The second-order valence-electron chi connectivity index (χ2n) is 5.10. The van der Waals surface area contributed by atoms with Crippen LogP contribution in [0.15, 0.2) is 36.5 Å². The molecule has 0 amide bonds. The summed E-state index contributed by atoms with van der Waals surface area (Å²) in [6.45, 7) is 2.93. The summed E-state index contributed by atoms with van der Waals surface area (Å²) >= 11 is 0. The number of aromatic nitrogens is 1. The van der Waals surface area contributed by atoms with Crippen LogP contribution in [-0.2, 0) is 4.74 Å². The van der Waals surface area contributed by atoms with Crippen LogP contribution in [-0.4, -0.2) is 35.4 Å². The summed E-state index contributed by atoms with van der Waals surface area (Å²) in [4.78, 5) is 15.6. The number of nitrogens with one attached hydrogen (secondary N) is 1. The van der Waals surface area contributed by atoms with Crippen LogP contribution in [0.25, 0.3) is 0 Å². The number of para-hydroxylation sites is 1. The van der Waals surface area contributed by atoms with Gasteiger partial charge in [0.25, 0.3) is 0 Å². The predicted molar refractivity (Wildman–Crippen MR) is 80.9 cm³/mol. The van der Waals surface area contributed by atoms with E-state index < -0.39 is 5.97 Å². The quantitative estimate of drug-likeness (QED) is 0.798. The van der Waals surface area contributed by atoms with Gasteiger partial charge in [0.15, 0.2) is 5.75 Å². The van der Waals surface area contributed by atoms with Gasteiger partial charge in [0.05, 0.1) is 12.3 Å². The minimum Gasteiger partial charge on any atom is -0.488 e. The molecular formula is C16H16N2O4. The average Bonchev–Trinajstić information content (AvgIpc) is 3.32. The molecule has 1 aliphatic heterocycles. The van der Waals surface area contributed by atoms with Crippen LogP contribution in [0.5, 0.6) is 5.75 Å². The molecule has 0 radical (unpaired) electrons. The van der Waals surface area contributed by atoms with E-state index in [4.69, 9.17) is 9.47 Å². The molecule has 2 heterocycles. The standard InChI is InChI=1S/C16H16N2O4/c1-10-5-6-14(17-7-10)18-13-4-2-3-12(16(19)20)15(13)22-9-11-8-21-11/h2-7,11H,8-9H2,1H3,(H,17,18)(H,19,20)/t11-/m1/s1. The van der Waals surface area contributed by atoms with Crippen molar-refractivity contribution in [1.82, 2.24) is 4.98 Å². The van der Waals surface area contributed by atoms with E-state index in [1.165, 1.54) is 6.07 Å². The summed E-state index contributed by atoms with van der Waals surface area (Å²) in [7, 11) is 0. The Morgan fingerprint density at radius 2 is 2.27 bits per heavy atom. The van der Waals surface area contributed by atoms with Gasteiger partial charge in [-0.2, -0.15) is 0 Å². The molecule has 3 rings (SSSR count). The lowest BCUT2D eigenvalue weighted by atomic mass is 10.1. The Kier molecular flexibility index (Phi) is 3.93. The van der Waals surface area contributed by atoms with E-state index >= 15 is 0 Å². The van der Waals surface area contributed by atoms with E-state index in [-0.39, 0.29) is 11.7 Å². The highest BCUT2D eigenvalue weighted by Crippen LogP contribution is 2.32. The third-order valence-corrected chi connectivity index (χ3v) is 3.24. The van der Waals surface area contributed by atoms with Crippen molar-refractivity contribution in [3.8, 4) is 5.75 Å². The highest BCUT2D eigenvalue weighted by atomic mass is 16.6. The number of carbonyl (C=O) groups is 1. The van der Waals surface area contributed by atoms with E-state index in [0.29, 0.717) is 30.5 Å². The second-order valence-corrected chi connectivity index (χ2v) is 5.10. The van der Waals surface area contributed by atoms with E-state index in [9.17, 15) is 9.90 Å². The van der Waals surface area contributed by atoms with Crippen LogP contribution in [0, 0.1) is 6.92 Å². The number of pyridine rings is 1. The normalized spacial score (nSPS) is 16.1. The van der Waals surface area contributed by atoms with Gasteiger partial charge in [0.2, 0.25) is 0 Å². The fourth-order valence-corrected chi connectivity index (χ4v) is 1.98. The number of rotatable bonds is 6. The smallest absolute Gasteiger partial charge is 0.339 e. The topological polar surface area (TPSA) is 84.0 Å². The van der Waals surface area contributed by atoms with Crippen molar-refractivity contribution in [2.45, 2.75) is 13.0 Å². The molecule has 2 aromatic rings. The molecule has 2 N–H and O–H groups in total. The number of ether oxygens (including phenoxy) is 2. The molecule has 0 saturated carbocycles. The number of carboxylic acid groups (broad SMARTS) is 1. The number of anilines is 2. The Morgan fingerprint density at radius 1 is 1.45 bits per heavy atom. The Balaban J connectivity index is 1.88. The lowest BCUT2D eigenvalue weighted by Crippen LogP contribution is -2.10. The van der Waals surface area contributed by atoms with Crippen LogP contribution in [0.4, 0.5) is 11.5 Å². The van der Waals surface area contributed by atoms with Gasteiger partial charge in [0, 0.05) is 6.20 Å². The summed E-state index contributed by atoms with van der Waals surface area (Å²) in [5.41, 5.74) is 1.72. The van der Waals surface area contributed by atoms with Gasteiger partial charge in [-0.3, -0.25) is 0 Å². The molecule has 1 atom stereocenters. The first-order valence-electron chi connectivity index (χ1n) is 6.94. The fourth-order valence-electron chi connectivity index (χ4n) is 1.98. The SMILES string of the molecule is Cc1ccc(Nc2cccc(C(=O)O)c2OC[C@H]2CO2)nc1. The number of nitrogens with zero attached hydrogens (tertiary/aromatic N) is 1. The minimum atomic E-state index is -1.03. The van der Waals surface area contributed by atoms with Crippen molar-refractivity contribution < 1.29 is 19.4 Å². The zero-order valence-electron chi connectivity index (χ0n) is 12.1. The summed E-state index contributed by atoms with van der Waals surface area (Å²) in [6, 6.07) is 8.70. The largest absolute Gasteiger partial charge is 0.488 e. The first-order chi connectivity index (χ1) is 10.6. The molecule has 6 nitrogen and oxygen atoms in total. The molecule has 22 heavy (non-hydrogen) atoms. The number of epoxide rings is 1. The molecule has 114 valence electrons. The van der Waals surface area contributed by atoms with Crippen LogP contribution >= 0.6 is 0 Å². The van der Waals surface area contributed by atoms with E-state index in [2.05, 4.69) is 10.3 Å². The molecule has 1 saturated heterocycles. The van der Waals surface area contributed by atoms with Crippen molar-refractivity contribution in [3.05, 3.63) is 47.7 Å². The molecule has 1 fully saturated rings. The highest BCUT2D eigenvalue weighted by molar-refractivity contribution is 5.93. The van der Waals surface area contributed by atoms with Gasteiger partial charge in [-0.15, -0.1) is 0 Å². The van der Waals surface area contributed by atoms with Crippen molar-refractivity contribution >= 4 is 17.5 Å². The molecule has 0 aliphatic carbocycles. The number of carboxylic acids is 1. The molecule has 0 spiro atoms. The van der Waals surface area contributed by atoms with E-state index in [1.807, 2.05) is 19.1 Å². The van der Waals surface area contributed by atoms with Crippen LogP contribution in [0.3, 0.4) is 0 Å². The van der Waals surface area contributed by atoms with Crippen molar-refractivity contribution in [1.29, 1.82) is 0 Å². The maximum Gasteiger partial charge on any atom is 0.339 e. The van der Waals surface area contributed by atoms with Crippen LogP contribution in [0.1, 0.15) is 15.9 Å². The van der Waals surface area contributed by atoms with Crippen LogP contribution in [0.2, 0.25) is 0 Å². The highest BCUT2D eigenvalue weighted by Gasteiger charge is 2.25. The summed E-state index contributed by atoms with van der Waals surface area (Å²) < 4.78 is 10.8. The lowest BCUT2D eigenvalue weighted by molar-refractivity contribution is 0.0692. The number of benzene rings is 1. The summed E-state index contributed by atoms with van der Waals surface area (Å²) in [6.07, 6.45) is 1.79. The van der Waals surface area contributed by atoms with Gasteiger partial charge in [-0.05, 0) is 30.7 Å². The van der Waals surface area contributed by atoms with Crippen molar-refractivity contribution in [3.63, 3.8) is 0 Å². The second kappa shape index (κ2) is 6.03. The van der Waals surface area contributed by atoms with Gasteiger partial charge >= 0.3 is 5.97 Å². The predicted octanol–water partition coefficient (Wildman–Crippen LogP) is 2.61. The van der Waals surface area contributed by atoms with Gasteiger partial charge < -0.3 is 19.9 Å². The van der Waals surface area contributed by atoms with Gasteiger partial charge in [-0.25, -0.2) is 9.78 Å². The third kappa shape index (κ3) is 3.35. The first-order valence-corrected chi connectivity index (χ1v) is 6.94. The number of hydrogen-bond donors (Lipinski definition) is 2. The number of aromatic carboxylic acids is 1. The first kappa shape index (κ1) is 14.3. The Bertz CT molecular complexity index is 681. The summed E-state index contributed by atoms with van der Waals surface area (Å²) in [5.74, 6) is -0.110. The molecule has 6 heteroatoms. The zero-order chi connectivity index (χ0) is 15.5. The summed E-state index contributed by atoms with van der Waals surface area (Å²) in [5, 5.41) is 12.4. The number of hydrogen-bond acceptors (Lipinski definition) is 5. The minimum absolute atomic E-state index is 0.0483. The van der Waals surface area contributed by atoms with Crippen molar-refractivity contribution in [2.24, 2.45) is 0 Å². The number of aryl methyl sites for hydroxylation is 1. The van der Waals surface area contributed by atoms with E-state index in [1.54, 1.807) is 18.3 Å². The van der Waals surface area contributed by atoms with Gasteiger partial charge in [0.1, 0.15) is 24.1 Å². The monoisotopic (exact) mass is 300 g/mol. The van der Waals surface area contributed by atoms with E-state index in [0.717, 1.165) is 5.56 Å². The molecule has 1 aromatic carbocycles. The van der Waals surface area contributed by atoms with Crippen LogP contribution < -0.4 is 10.1 Å². The average molecular weight is 300 g/mol.